The zero-order valence-corrected chi connectivity index (χ0v) is 15.9. The third kappa shape index (κ3) is 3.11. The topological polar surface area (TPSA) is 89.6 Å². The number of aromatic nitrogens is 2. The van der Waals surface area contributed by atoms with Crippen LogP contribution in [0.4, 0.5) is 10.6 Å². The number of urea groups is 1. The smallest absolute Gasteiger partial charge is 0.326 e. The number of unbranched alkanes of at least 4 members (excludes halogenated alkanes) is 1. The Hall–Kier alpha value is -2.38. The highest BCUT2D eigenvalue weighted by Gasteiger charge is 2.42. The van der Waals surface area contributed by atoms with E-state index in [9.17, 15) is 14.4 Å². The molecule has 1 atom stereocenters. The number of carbonyl (C=O) groups is 2. The summed E-state index contributed by atoms with van der Waals surface area (Å²) in [4.78, 5) is 51.2. The lowest BCUT2D eigenvalue weighted by Gasteiger charge is -2.43. The maximum atomic E-state index is 13.1. The van der Waals surface area contributed by atoms with Gasteiger partial charge in [-0.2, -0.15) is 0 Å². The van der Waals surface area contributed by atoms with Crippen molar-refractivity contribution in [1.82, 2.24) is 19.8 Å². The van der Waals surface area contributed by atoms with Crippen molar-refractivity contribution in [2.75, 3.05) is 31.1 Å². The van der Waals surface area contributed by atoms with Gasteiger partial charge >= 0.3 is 6.03 Å². The van der Waals surface area contributed by atoms with Crippen molar-refractivity contribution >= 4 is 17.8 Å². The maximum absolute atomic E-state index is 13.1. The molecule has 0 bridgehead atoms. The molecule has 0 aromatic carbocycles. The monoisotopic (exact) mass is 373 g/mol. The average Bonchev–Trinajstić information content (AvgIpc) is 3.21. The minimum Gasteiger partial charge on any atom is -0.336 e. The average molecular weight is 373 g/mol. The number of nitrogens with zero attached hydrogens (tertiary/aromatic N) is 4. The van der Waals surface area contributed by atoms with E-state index in [2.05, 4.69) is 16.9 Å². The molecule has 1 unspecified atom stereocenters. The number of H-pyrrole nitrogens is 1. The molecule has 4 heterocycles. The first kappa shape index (κ1) is 18.0. The van der Waals surface area contributed by atoms with E-state index in [0.29, 0.717) is 37.6 Å². The number of piperidine rings is 1. The molecule has 3 amide bonds. The van der Waals surface area contributed by atoms with Crippen LogP contribution in [0.2, 0.25) is 0 Å². The van der Waals surface area contributed by atoms with E-state index in [4.69, 9.17) is 0 Å². The predicted molar refractivity (Wildman–Crippen MR) is 101 cm³/mol. The lowest BCUT2D eigenvalue weighted by atomic mass is 9.94. The Bertz CT molecular complexity index is 799. The molecule has 0 radical (unpaired) electrons. The molecule has 2 fully saturated rings. The molecule has 8 heteroatoms. The van der Waals surface area contributed by atoms with E-state index >= 15 is 0 Å². The molecule has 0 spiro atoms. The van der Waals surface area contributed by atoms with Crippen molar-refractivity contribution in [3.8, 4) is 0 Å². The molecule has 2 saturated heterocycles. The van der Waals surface area contributed by atoms with Crippen molar-refractivity contribution in [2.24, 2.45) is 0 Å². The highest BCUT2D eigenvalue weighted by atomic mass is 16.2. The van der Waals surface area contributed by atoms with Gasteiger partial charge in [0.05, 0.1) is 11.6 Å². The molecular formula is C19H27N5O3. The Morgan fingerprint density at radius 2 is 1.89 bits per heavy atom. The summed E-state index contributed by atoms with van der Waals surface area (Å²) in [5, 5.41) is 0. The van der Waals surface area contributed by atoms with Crippen LogP contribution in [0.1, 0.15) is 74.1 Å². The zero-order chi connectivity index (χ0) is 19.0. The van der Waals surface area contributed by atoms with Crippen LogP contribution in [-0.4, -0.2) is 57.9 Å². The van der Waals surface area contributed by atoms with Gasteiger partial charge in [0.15, 0.2) is 0 Å². The zero-order valence-electron chi connectivity index (χ0n) is 15.9. The Morgan fingerprint density at radius 1 is 1.15 bits per heavy atom. The Labute approximate surface area is 158 Å². The Kier molecular flexibility index (Phi) is 4.88. The molecule has 1 aromatic rings. The maximum Gasteiger partial charge on any atom is 0.326 e. The molecule has 3 aliphatic heterocycles. The van der Waals surface area contributed by atoms with Crippen LogP contribution in [0, 0.1) is 0 Å². The fraction of sp³-hybridized carbons (Fsp3) is 0.684. The van der Waals surface area contributed by atoms with E-state index in [0.717, 1.165) is 44.9 Å². The summed E-state index contributed by atoms with van der Waals surface area (Å²) in [7, 11) is 0. The van der Waals surface area contributed by atoms with E-state index in [1.54, 1.807) is 14.7 Å². The first-order valence-corrected chi connectivity index (χ1v) is 10.1. The highest BCUT2D eigenvalue weighted by molar-refractivity contribution is 5.96. The molecular weight excluding hydrogens is 346 g/mol. The summed E-state index contributed by atoms with van der Waals surface area (Å²) in [6.45, 7) is 4.62. The van der Waals surface area contributed by atoms with E-state index in [1.807, 2.05) is 0 Å². The SMILES string of the molecule is CCCCN1C(=O)N2CCCCC2c2c1nc(C(=O)N1CCCC1)[nH]c2=O. The van der Waals surface area contributed by atoms with Crippen LogP contribution in [0.5, 0.6) is 0 Å². The third-order valence-electron chi connectivity index (χ3n) is 5.83. The van der Waals surface area contributed by atoms with Gasteiger partial charge in [-0.25, -0.2) is 9.78 Å². The van der Waals surface area contributed by atoms with Crippen LogP contribution in [-0.2, 0) is 0 Å². The molecule has 1 N–H and O–H groups in total. The summed E-state index contributed by atoms with van der Waals surface area (Å²) in [6, 6.07) is -0.315. The predicted octanol–water partition coefficient (Wildman–Crippen LogP) is 2.27. The van der Waals surface area contributed by atoms with Gasteiger partial charge in [-0.05, 0) is 38.5 Å². The quantitative estimate of drug-likeness (QED) is 0.877. The van der Waals surface area contributed by atoms with Gasteiger partial charge in [0.1, 0.15) is 5.82 Å². The molecule has 27 heavy (non-hydrogen) atoms. The third-order valence-corrected chi connectivity index (χ3v) is 5.83. The van der Waals surface area contributed by atoms with Crippen molar-refractivity contribution in [3.63, 3.8) is 0 Å². The highest BCUT2D eigenvalue weighted by Crippen LogP contribution is 2.39. The summed E-state index contributed by atoms with van der Waals surface area (Å²) < 4.78 is 0. The van der Waals surface area contributed by atoms with Gasteiger partial charge < -0.3 is 14.8 Å². The second kappa shape index (κ2) is 7.32. The first-order valence-electron chi connectivity index (χ1n) is 10.1. The fourth-order valence-electron chi connectivity index (χ4n) is 4.37. The van der Waals surface area contributed by atoms with Crippen LogP contribution in [0.15, 0.2) is 4.79 Å². The van der Waals surface area contributed by atoms with E-state index < -0.39 is 0 Å². The lowest BCUT2D eigenvalue weighted by molar-refractivity contribution is 0.0779. The molecule has 0 saturated carbocycles. The fourth-order valence-corrected chi connectivity index (χ4v) is 4.37. The number of anilines is 1. The summed E-state index contributed by atoms with van der Waals surface area (Å²) in [6.07, 6.45) is 6.41. The number of hydrogen-bond acceptors (Lipinski definition) is 4. The molecule has 3 aliphatic rings. The standard InChI is InChI=1S/C19H27N5O3/c1-2-3-11-24-16-14(13-8-4-5-12-23(13)19(24)27)17(25)21-15(20-16)18(26)22-9-6-7-10-22/h13H,2-12H2,1H3,(H,20,21,25). The molecule has 4 rings (SSSR count). The summed E-state index contributed by atoms with van der Waals surface area (Å²) in [5.41, 5.74) is 0.261. The minimum atomic E-state index is -0.284. The van der Waals surface area contributed by atoms with Gasteiger partial charge in [-0.3, -0.25) is 14.5 Å². The molecule has 8 nitrogen and oxygen atoms in total. The van der Waals surface area contributed by atoms with Gasteiger partial charge in [-0.15, -0.1) is 0 Å². The summed E-state index contributed by atoms with van der Waals surface area (Å²) in [5.74, 6) is 0.198. The van der Waals surface area contributed by atoms with Gasteiger partial charge in [0.25, 0.3) is 11.5 Å². The number of likely N-dealkylation sites (tertiary alicyclic amines) is 1. The van der Waals surface area contributed by atoms with Gasteiger partial charge in [-0.1, -0.05) is 13.3 Å². The Balaban J connectivity index is 1.78. The van der Waals surface area contributed by atoms with Crippen molar-refractivity contribution in [3.05, 3.63) is 21.7 Å². The number of aromatic amines is 1. The van der Waals surface area contributed by atoms with Crippen molar-refractivity contribution in [2.45, 2.75) is 57.9 Å². The Morgan fingerprint density at radius 3 is 2.63 bits per heavy atom. The van der Waals surface area contributed by atoms with Crippen LogP contribution in [0.25, 0.3) is 0 Å². The van der Waals surface area contributed by atoms with Crippen LogP contribution in [0.3, 0.4) is 0 Å². The van der Waals surface area contributed by atoms with Gasteiger partial charge in [0, 0.05) is 26.2 Å². The van der Waals surface area contributed by atoms with Gasteiger partial charge in [0.2, 0.25) is 5.82 Å². The minimum absolute atomic E-state index is 0.0548. The lowest BCUT2D eigenvalue weighted by Crippen LogP contribution is -2.54. The number of fused-ring (bicyclic) bond motifs is 3. The molecule has 0 aliphatic carbocycles. The number of hydrogen-bond donors (Lipinski definition) is 1. The summed E-state index contributed by atoms with van der Waals surface area (Å²) >= 11 is 0. The van der Waals surface area contributed by atoms with Crippen LogP contribution >= 0.6 is 0 Å². The second-order valence-corrected chi connectivity index (χ2v) is 7.64. The first-order chi connectivity index (χ1) is 13.1. The normalized spacial score (nSPS) is 22.0. The molecule has 146 valence electrons. The molecule has 1 aromatic heterocycles. The number of rotatable bonds is 4. The van der Waals surface area contributed by atoms with Crippen LogP contribution < -0.4 is 10.5 Å². The largest absolute Gasteiger partial charge is 0.336 e. The van der Waals surface area contributed by atoms with Crippen molar-refractivity contribution in [1.29, 1.82) is 0 Å². The second-order valence-electron chi connectivity index (χ2n) is 7.64. The van der Waals surface area contributed by atoms with E-state index in [1.165, 1.54) is 0 Å². The van der Waals surface area contributed by atoms with Crippen molar-refractivity contribution < 1.29 is 9.59 Å². The number of nitrogens with one attached hydrogen (secondary N) is 1. The van der Waals surface area contributed by atoms with E-state index in [-0.39, 0.29) is 29.4 Å². The number of carbonyl (C=O) groups excluding carboxylic acids is 2. The number of amides is 3.